The van der Waals surface area contributed by atoms with Crippen LogP contribution in [0.4, 0.5) is 4.39 Å². The first-order valence-corrected chi connectivity index (χ1v) is 6.92. The fourth-order valence-corrected chi connectivity index (χ4v) is 2.49. The molecule has 0 spiro atoms. The highest BCUT2D eigenvalue weighted by Crippen LogP contribution is 2.21. The summed E-state index contributed by atoms with van der Waals surface area (Å²) in [5.41, 5.74) is 0.647. The van der Waals surface area contributed by atoms with E-state index in [9.17, 15) is 9.50 Å². The number of aliphatic hydroxyl groups is 1. The van der Waals surface area contributed by atoms with E-state index in [1.807, 2.05) is 0 Å². The third-order valence-electron chi connectivity index (χ3n) is 2.77. The lowest BCUT2D eigenvalue weighted by Crippen LogP contribution is -2.31. The maximum atomic E-state index is 13.5. The van der Waals surface area contributed by atoms with Crippen molar-refractivity contribution < 1.29 is 9.50 Å². The lowest BCUT2D eigenvalue weighted by Gasteiger charge is -2.26. The molecule has 2 nitrogen and oxygen atoms in total. The molecule has 0 aliphatic carbocycles. The molecule has 0 bridgehead atoms. The summed E-state index contributed by atoms with van der Waals surface area (Å²) < 4.78 is 14.4. The highest BCUT2D eigenvalue weighted by molar-refractivity contribution is 9.10. The zero-order valence-corrected chi connectivity index (χ0v) is 12.7. The number of rotatable bonds is 6. The topological polar surface area (TPSA) is 32.3 Å². The summed E-state index contributed by atoms with van der Waals surface area (Å²) in [7, 11) is 0. The number of aliphatic hydroxyl groups excluding tert-OH is 1. The normalized spacial score (nSPS) is 13.7. The maximum Gasteiger partial charge on any atom is 0.127 e. The molecular weight excluding hydrogens is 297 g/mol. The van der Waals surface area contributed by atoms with Crippen LogP contribution in [0.1, 0.15) is 32.8 Å². The van der Waals surface area contributed by atoms with Crippen molar-refractivity contribution in [2.24, 2.45) is 5.41 Å². The molecule has 0 aliphatic heterocycles. The van der Waals surface area contributed by atoms with Crippen LogP contribution in [-0.2, 0) is 6.54 Å². The first-order chi connectivity index (χ1) is 8.30. The van der Waals surface area contributed by atoms with Crippen LogP contribution < -0.4 is 5.32 Å². The van der Waals surface area contributed by atoms with Crippen molar-refractivity contribution in [1.29, 1.82) is 0 Å². The molecule has 0 saturated heterocycles. The monoisotopic (exact) mass is 317 g/mol. The molecule has 0 fully saturated rings. The van der Waals surface area contributed by atoms with Gasteiger partial charge >= 0.3 is 0 Å². The minimum atomic E-state index is -0.315. The van der Waals surface area contributed by atoms with Gasteiger partial charge in [0.05, 0.1) is 6.10 Å². The zero-order chi connectivity index (χ0) is 13.8. The largest absolute Gasteiger partial charge is 0.393 e. The van der Waals surface area contributed by atoms with E-state index >= 15 is 0 Å². The molecule has 1 atom stereocenters. The minimum absolute atomic E-state index is 0.00332. The average Bonchev–Trinajstić information content (AvgIpc) is 2.21. The van der Waals surface area contributed by atoms with E-state index in [4.69, 9.17) is 0 Å². The Hall–Kier alpha value is -0.450. The molecule has 1 aromatic carbocycles. The Morgan fingerprint density at radius 1 is 1.44 bits per heavy atom. The number of halogens is 2. The van der Waals surface area contributed by atoms with Crippen LogP contribution in [0.3, 0.4) is 0 Å². The summed E-state index contributed by atoms with van der Waals surface area (Å²) >= 11 is 3.33. The quantitative estimate of drug-likeness (QED) is 0.842. The lowest BCUT2D eigenvalue weighted by molar-refractivity contribution is 0.128. The predicted octanol–water partition coefficient (Wildman–Crippen LogP) is 3.47. The van der Waals surface area contributed by atoms with E-state index in [1.165, 1.54) is 6.07 Å². The van der Waals surface area contributed by atoms with Gasteiger partial charge in [0.15, 0.2) is 0 Å². The van der Waals surface area contributed by atoms with Crippen LogP contribution in [0.2, 0.25) is 0 Å². The minimum Gasteiger partial charge on any atom is -0.393 e. The number of hydrogen-bond donors (Lipinski definition) is 2. The van der Waals surface area contributed by atoms with Gasteiger partial charge in [-0.05, 0) is 37.0 Å². The van der Waals surface area contributed by atoms with Gasteiger partial charge < -0.3 is 10.4 Å². The molecule has 1 rings (SSSR count). The van der Waals surface area contributed by atoms with Crippen molar-refractivity contribution in [1.82, 2.24) is 5.32 Å². The van der Waals surface area contributed by atoms with Crippen LogP contribution >= 0.6 is 15.9 Å². The van der Waals surface area contributed by atoms with Crippen molar-refractivity contribution in [2.45, 2.75) is 39.8 Å². The molecule has 0 amide bonds. The van der Waals surface area contributed by atoms with Gasteiger partial charge in [0.2, 0.25) is 0 Å². The summed E-state index contributed by atoms with van der Waals surface area (Å²) in [4.78, 5) is 0. The third kappa shape index (κ3) is 5.46. The molecule has 1 unspecified atom stereocenters. The Bertz CT molecular complexity index is 393. The van der Waals surface area contributed by atoms with Crippen LogP contribution in [0.25, 0.3) is 0 Å². The van der Waals surface area contributed by atoms with Gasteiger partial charge in [-0.25, -0.2) is 4.39 Å². The standard InChI is InChI=1S/C14H21BrFNO/c1-10(18)7-14(2,3)9-17-8-11-6-12(15)4-5-13(11)16/h4-6,10,17-18H,7-9H2,1-3H3. The molecule has 0 saturated carbocycles. The Balaban J connectivity index is 2.48. The lowest BCUT2D eigenvalue weighted by atomic mass is 9.87. The molecule has 0 heterocycles. The maximum absolute atomic E-state index is 13.5. The fraction of sp³-hybridized carbons (Fsp3) is 0.571. The first kappa shape index (κ1) is 15.6. The van der Waals surface area contributed by atoms with E-state index in [0.717, 1.165) is 17.4 Å². The summed E-state index contributed by atoms with van der Waals surface area (Å²) in [6.45, 7) is 7.20. The number of hydrogen-bond acceptors (Lipinski definition) is 2. The fourth-order valence-electron chi connectivity index (χ4n) is 2.09. The molecule has 4 heteroatoms. The van der Waals surface area contributed by atoms with Gasteiger partial charge in [-0.15, -0.1) is 0 Å². The molecule has 0 aliphatic rings. The van der Waals surface area contributed by atoms with Crippen LogP contribution in [0.15, 0.2) is 22.7 Å². The van der Waals surface area contributed by atoms with Gasteiger partial charge in [0.25, 0.3) is 0 Å². The van der Waals surface area contributed by atoms with E-state index in [0.29, 0.717) is 12.1 Å². The second-order valence-electron chi connectivity index (χ2n) is 5.56. The van der Waals surface area contributed by atoms with Crippen LogP contribution in [0.5, 0.6) is 0 Å². The molecule has 2 N–H and O–H groups in total. The van der Waals surface area contributed by atoms with E-state index < -0.39 is 0 Å². The first-order valence-electron chi connectivity index (χ1n) is 6.13. The Kier molecular flexibility index (Phi) is 5.76. The zero-order valence-electron chi connectivity index (χ0n) is 11.1. The summed E-state index contributed by atoms with van der Waals surface area (Å²) in [6, 6.07) is 4.93. The van der Waals surface area contributed by atoms with Gasteiger partial charge in [-0.2, -0.15) is 0 Å². The molecule has 0 aromatic heterocycles. The van der Waals surface area contributed by atoms with Gasteiger partial charge in [-0.3, -0.25) is 0 Å². The SMILES string of the molecule is CC(O)CC(C)(C)CNCc1cc(Br)ccc1F. The molecule has 18 heavy (non-hydrogen) atoms. The van der Waals surface area contributed by atoms with Crippen LogP contribution in [0, 0.1) is 11.2 Å². The van der Waals surface area contributed by atoms with E-state index in [1.54, 1.807) is 19.1 Å². The van der Waals surface area contributed by atoms with Crippen molar-refractivity contribution >= 4 is 15.9 Å². The summed E-state index contributed by atoms with van der Waals surface area (Å²) in [5, 5.41) is 12.6. The van der Waals surface area contributed by atoms with Gasteiger partial charge in [0, 0.05) is 23.1 Å². The predicted molar refractivity (Wildman–Crippen MR) is 75.9 cm³/mol. The molecular formula is C14H21BrFNO. The number of nitrogens with one attached hydrogen (secondary N) is 1. The van der Waals surface area contributed by atoms with Gasteiger partial charge in [0.1, 0.15) is 5.82 Å². The van der Waals surface area contributed by atoms with Crippen molar-refractivity contribution in [2.75, 3.05) is 6.54 Å². The third-order valence-corrected chi connectivity index (χ3v) is 3.27. The smallest absolute Gasteiger partial charge is 0.127 e. The highest BCUT2D eigenvalue weighted by Gasteiger charge is 2.19. The van der Waals surface area contributed by atoms with E-state index in [2.05, 4.69) is 35.1 Å². The average molecular weight is 318 g/mol. The van der Waals surface area contributed by atoms with Gasteiger partial charge in [-0.1, -0.05) is 29.8 Å². The summed E-state index contributed by atoms with van der Waals surface area (Å²) in [5.74, 6) is -0.195. The van der Waals surface area contributed by atoms with Crippen molar-refractivity contribution in [3.05, 3.63) is 34.1 Å². The Morgan fingerprint density at radius 2 is 2.11 bits per heavy atom. The molecule has 0 radical (unpaired) electrons. The van der Waals surface area contributed by atoms with Crippen LogP contribution in [-0.4, -0.2) is 17.8 Å². The second-order valence-corrected chi connectivity index (χ2v) is 6.47. The van der Waals surface area contributed by atoms with E-state index in [-0.39, 0.29) is 17.3 Å². The molecule has 102 valence electrons. The number of benzene rings is 1. The second kappa shape index (κ2) is 6.64. The summed E-state index contributed by atoms with van der Waals surface area (Å²) in [6.07, 6.45) is 0.408. The Morgan fingerprint density at radius 3 is 2.72 bits per heavy atom. The van der Waals surface area contributed by atoms with Crippen molar-refractivity contribution in [3.63, 3.8) is 0 Å². The molecule has 1 aromatic rings. The Labute approximate surface area is 117 Å². The highest BCUT2D eigenvalue weighted by atomic mass is 79.9. The van der Waals surface area contributed by atoms with Crippen molar-refractivity contribution in [3.8, 4) is 0 Å².